The summed E-state index contributed by atoms with van der Waals surface area (Å²) in [5.74, 6) is -1.67. The molecule has 4 heteroatoms. The second-order valence-corrected chi connectivity index (χ2v) is 3.77. The highest BCUT2D eigenvalue weighted by Crippen LogP contribution is 2.15. The highest BCUT2D eigenvalue weighted by Gasteiger charge is 2.11. The van der Waals surface area contributed by atoms with E-state index in [1.54, 1.807) is 6.07 Å². The molecule has 0 aliphatic heterocycles. The molecule has 0 aromatic heterocycles. The SMILES string of the molecule is C/C=C/CCNC(CN)c1ccc(F)c(F)c1. The Morgan fingerprint density at radius 1 is 1.35 bits per heavy atom. The van der Waals surface area contributed by atoms with Gasteiger partial charge in [-0.15, -0.1) is 0 Å². The summed E-state index contributed by atoms with van der Waals surface area (Å²) in [6, 6.07) is 3.73. The fraction of sp³-hybridized carbons (Fsp3) is 0.385. The minimum atomic E-state index is -0.837. The third kappa shape index (κ3) is 4.24. The molecule has 0 amide bonds. The predicted molar refractivity (Wildman–Crippen MR) is 65.6 cm³/mol. The molecule has 2 nitrogen and oxygen atoms in total. The largest absolute Gasteiger partial charge is 0.329 e. The quantitative estimate of drug-likeness (QED) is 0.592. The van der Waals surface area contributed by atoms with Crippen molar-refractivity contribution in [2.75, 3.05) is 13.1 Å². The van der Waals surface area contributed by atoms with Crippen molar-refractivity contribution in [3.63, 3.8) is 0 Å². The summed E-state index contributed by atoms with van der Waals surface area (Å²) < 4.78 is 25.8. The van der Waals surface area contributed by atoms with Gasteiger partial charge in [0, 0.05) is 12.6 Å². The fourth-order valence-corrected chi connectivity index (χ4v) is 1.57. The molecule has 0 aliphatic rings. The van der Waals surface area contributed by atoms with Crippen LogP contribution in [-0.2, 0) is 0 Å². The van der Waals surface area contributed by atoms with Gasteiger partial charge in [0.1, 0.15) is 0 Å². The van der Waals surface area contributed by atoms with Gasteiger partial charge in [0.15, 0.2) is 11.6 Å². The van der Waals surface area contributed by atoms with Gasteiger partial charge in [-0.05, 0) is 37.6 Å². The Balaban J connectivity index is 2.62. The smallest absolute Gasteiger partial charge is 0.159 e. The monoisotopic (exact) mass is 240 g/mol. The molecule has 0 fully saturated rings. The fourth-order valence-electron chi connectivity index (χ4n) is 1.57. The van der Waals surface area contributed by atoms with Gasteiger partial charge in [-0.2, -0.15) is 0 Å². The number of halogens is 2. The van der Waals surface area contributed by atoms with Crippen LogP contribution in [0.1, 0.15) is 24.9 Å². The van der Waals surface area contributed by atoms with Crippen LogP contribution in [0.3, 0.4) is 0 Å². The molecule has 0 radical (unpaired) electrons. The average Bonchev–Trinajstić information content (AvgIpc) is 2.33. The van der Waals surface area contributed by atoms with Gasteiger partial charge in [-0.3, -0.25) is 0 Å². The van der Waals surface area contributed by atoms with E-state index in [1.807, 2.05) is 19.1 Å². The molecule has 1 aromatic rings. The number of rotatable bonds is 6. The lowest BCUT2D eigenvalue weighted by Gasteiger charge is -2.17. The molecule has 1 unspecified atom stereocenters. The first-order chi connectivity index (χ1) is 8.19. The Hall–Kier alpha value is -1.26. The molecule has 0 saturated heterocycles. The minimum absolute atomic E-state index is 0.143. The van der Waals surface area contributed by atoms with E-state index in [2.05, 4.69) is 5.32 Å². The lowest BCUT2D eigenvalue weighted by Crippen LogP contribution is -2.29. The second kappa shape index (κ2) is 7.14. The second-order valence-electron chi connectivity index (χ2n) is 3.77. The number of nitrogens with one attached hydrogen (secondary N) is 1. The molecule has 1 aromatic carbocycles. The normalized spacial score (nSPS) is 13.2. The third-order valence-corrected chi connectivity index (χ3v) is 2.52. The standard InChI is InChI=1S/C13H18F2N2/c1-2-3-4-7-17-13(9-16)10-5-6-11(14)12(15)8-10/h2-3,5-6,8,13,17H,4,7,9,16H2,1H3/b3-2+. The van der Waals surface area contributed by atoms with Crippen molar-refractivity contribution in [2.24, 2.45) is 5.73 Å². The lowest BCUT2D eigenvalue weighted by atomic mass is 10.1. The van der Waals surface area contributed by atoms with Crippen molar-refractivity contribution in [1.82, 2.24) is 5.32 Å². The van der Waals surface area contributed by atoms with Crippen molar-refractivity contribution >= 4 is 0 Å². The molecular weight excluding hydrogens is 222 g/mol. The maximum absolute atomic E-state index is 13.1. The van der Waals surface area contributed by atoms with Crippen LogP contribution < -0.4 is 11.1 Å². The van der Waals surface area contributed by atoms with Crippen LogP contribution in [0.5, 0.6) is 0 Å². The number of nitrogens with two attached hydrogens (primary N) is 1. The third-order valence-electron chi connectivity index (χ3n) is 2.52. The van der Waals surface area contributed by atoms with Crippen molar-refractivity contribution < 1.29 is 8.78 Å². The van der Waals surface area contributed by atoms with Crippen LogP contribution in [0.15, 0.2) is 30.4 Å². The maximum atomic E-state index is 13.1. The summed E-state index contributed by atoms with van der Waals surface area (Å²) in [6.45, 7) is 3.06. The molecule has 1 atom stereocenters. The number of allylic oxidation sites excluding steroid dienone is 1. The highest BCUT2D eigenvalue weighted by molar-refractivity contribution is 5.21. The number of hydrogen-bond acceptors (Lipinski definition) is 2. The number of hydrogen-bond donors (Lipinski definition) is 2. The van der Waals surface area contributed by atoms with Crippen LogP contribution in [0.4, 0.5) is 8.78 Å². The molecule has 0 bridgehead atoms. The van der Waals surface area contributed by atoms with Crippen LogP contribution in [0.2, 0.25) is 0 Å². The molecule has 0 aliphatic carbocycles. The van der Waals surface area contributed by atoms with Crippen LogP contribution in [0.25, 0.3) is 0 Å². The van der Waals surface area contributed by atoms with E-state index >= 15 is 0 Å². The molecule has 94 valence electrons. The number of benzene rings is 1. The van der Waals surface area contributed by atoms with Crippen LogP contribution in [-0.4, -0.2) is 13.1 Å². The van der Waals surface area contributed by atoms with Gasteiger partial charge in [-0.25, -0.2) is 8.78 Å². The van der Waals surface area contributed by atoms with E-state index < -0.39 is 11.6 Å². The van der Waals surface area contributed by atoms with Gasteiger partial charge in [-0.1, -0.05) is 18.2 Å². The zero-order chi connectivity index (χ0) is 12.7. The molecule has 0 saturated carbocycles. The first kappa shape index (κ1) is 13.8. The summed E-state index contributed by atoms with van der Waals surface area (Å²) in [4.78, 5) is 0. The highest BCUT2D eigenvalue weighted by atomic mass is 19.2. The minimum Gasteiger partial charge on any atom is -0.329 e. The van der Waals surface area contributed by atoms with Gasteiger partial charge < -0.3 is 11.1 Å². The molecule has 17 heavy (non-hydrogen) atoms. The Morgan fingerprint density at radius 3 is 2.71 bits per heavy atom. The lowest BCUT2D eigenvalue weighted by molar-refractivity contribution is 0.497. The van der Waals surface area contributed by atoms with Gasteiger partial charge in [0.2, 0.25) is 0 Å². The molecule has 3 N–H and O–H groups in total. The topological polar surface area (TPSA) is 38.0 Å². The average molecular weight is 240 g/mol. The van der Waals surface area contributed by atoms with Crippen molar-refractivity contribution in [1.29, 1.82) is 0 Å². The van der Waals surface area contributed by atoms with E-state index in [0.29, 0.717) is 12.1 Å². The Labute approximate surface area is 101 Å². The molecule has 0 heterocycles. The summed E-state index contributed by atoms with van der Waals surface area (Å²) >= 11 is 0. The first-order valence-electron chi connectivity index (χ1n) is 5.68. The Morgan fingerprint density at radius 2 is 2.12 bits per heavy atom. The van der Waals surface area contributed by atoms with E-state index in [0.717, 1.165) is 19.0 Å². The van der Waals surface area contributed by atoms with Crippen molar-refractivity contribution in [2.45, 2.75) is 19.4 Å². The van der Waals surface area contributed by atoms with Gasteiger partial charge >= 0.3 is 0 Å². The summed E-state index contributed by atoms with van der Waals surface area (Å²) in [6.07, 6.45) is 4.89. The van der Waals surface area contributed by atoms with Gasteiger partial charge in [0.05, 0.1) is 0 Å². The summed E-state index contributed by atoms with van der Waals surface area (Å²) in [5, 5.41) is 3.20. The molecule has 0 spiro atoms. The van der Waals surface area contributed by atoms with E-state index in [4.69, 9.17) is 5.73 Å². The van der Waals surface area contributed by atoms with Crippen molar-refractivity contribution in [3.8, 4) is 0 Å². The van der Waals surface area contributed by atoms with Crippen LogP contribution in [0, 0.1) is 11.6 Å². The van der Waals surface area contributed by atoms with E-state index in [-0.39, 0.29) is 6.04 Å². The maximum Gasteiger partial charge on any atom is 0.159 e. The first-order valence-corrected chi connectivity index (χ1v) is 5.68. The van der Waals surface area contributed by atoms with Crippen LogP contribution >= 0.6 is 0 Å². The Bertz CT molecular complexity index is 378. The van der Waals surface area contributed by atoms with E-state index in [1.165, 1.54) is 6.07 Å². The summed E-state index contributed by atoms with van der Waals surface area (Å²) in [5.41, 5.74) is 6.28. The zero-order valence-electron chi connectivity index (χ0n) is 9.92. The molecular formula is C13H18F2N2. The van der Waals surface area contributed by atoms with Gasteiger partial charge in [0.25, 0.3) is 0 Å². The Kier molecular flexibility index (Phi) is 5.80. The molecule has 1 rings (SSSR count). The van der Waals surface area contributed by atoms with E-state index in [9.17, 15) is 8.78 Å². The predicted octanol–water partition coefficient (Wildman–Crippen LogP) is 2.52. The zero-order valence-corrected chi connectivity index (χ0v) is 9.92. The van der Waals surface area contributed by atoms with Crippen molar-refractivity contribution in [3.05, 3.63) is 47.5 Å². The summed E-state index contributed by atoms with van der Waals surface area (Å²) in [7, 11) is 0.